The minimum absolute atomic E-state index is 0. The van der Waals surface area contributed by atoms with Crippen LogP contribution in [0.4, 0.5) is 0 Å². The van der Waals surface area contributed by atoms with Crippen molar-refractivity contribution < 1.29 is 0 Å². The van der Waals surface area contributed by atoms with Gasteiger partial charge in [0.2, 0.25) is 0 Å². The highest BCUT2D eigenvalue weighted by Crippen LogP contribution is 2.11. The van der Waals surface area contributed by atoms with Crippen molar-refractivity contribution in [2.24, 2.45) is 4.99 Å². The van der Waals surface area contributed by atoms with Crippen molar-refractivity contribution in [3.05, 3.63) is 48.0 Å². The molecule has 0 spiro atoms. The first-order valence-corrected chi connectivity index (χ1v) is 11.8. The van der Waals surface area contributed by atoms with Gasteiger partial charge in [0.05, 0.1) is 12.6 Å². The Labute approximate surface area is 211 Å². The van der Waals surface area contributed by atoms with Gasteiger partial charge in [0.1, 0.15) is 12.2 Å². The third-order valence-corrected chi connectivity index (χ3v) is 5.66. The van der Waals surface area contributed by atoms with E-state index in [0.717, 1.165) is 50.8 Å². The molecule has 0 aliphatic rings. The monoisotopic (exact) mass is 555 g/mol. The quantitative estimate of drug-likeness (QED) is 0.220. The standard InChI is InChI=1S/C24H41N7.HI/c1-6-23-29-26-19-31(23)18-16-25-24(28-21(5)22-14-10-9-11-15-22)27-20(4)13-12-17-30(7-2)8-3;/h9-11,14-15,19-21H,6-8,12-13,16-18H2,1-5H3,(H2,25,27,28);1H. The predicted octanol–water partition coefficient (Wildman–Crippen LogP) is 4.27. The van der Waals surface area contributed by atoms with E-state index >= 15 is 0 Å². The summed E-state index contributed by atoms with van der Waals surface area (Å²) in [7, 11) is 0. The summed E-state index contributed by atoms with van der Waals surface area (Å²) in [6, 6.07) is 11.0. The Morgan fingerprint density at radius 2 is 1.81 bits per heavy atom. The summed E-state index contributed by atoms with van der Waals surface area (Å²) in [5.74, 6) is 1.86. The minimum Gasteiger partial charge on any atom is -0.354 e. The van der Waals surface area contributed by atoms with Crippen molar-refractivity contribution in [3.8, 4) is 0 Å². The molecule has 1 aromatic carbocycles. The molecule has 2 rings (SSSR count). The summed E-state index contributed by atoms with van der Waals surface area (Å²) >= 11 is 0. The zero-order valence-electron chi connectivity index (χ0n) is 20.4. The number of aromatic nitrogens is 3. The Morgan fingerprint density at radius 1 is 1.09 bits per heavy atom. The van der Waals surface area contributed by atoms with Crippen molar-refractivity contribution >= 4 is 29.9 Å². The normalized spacial score (nSPS) is 13.5. The van der Waals surface area contributed by atoms with Crippen LogP contribution in [0.1, 0.15) is 64.9 Å². The fourth-order valence-corrected chi connectivity index (χ4v) is 3.64. The topological polar surface area (TPSA) is 70.4 Å². The molecule has 180 valence electrons. The molecule has 0 saturated carbocycles. The summed E-state index contributed by atoms with van der Waals surface area (Å²) in [6.07, 6.45) is 4.96. The van der Waals surface area contributed by atoms with Crippen LogP contribution in [0, 0.1) is 0 Å². The third-order valence-electron chi connectivity index (χ3n) is 5.66. The number of nitrogens with zero attached hydrogens (tertiary/aromatic N) is 5. The number of nitrogens with one attached hydrogen (secondary N) is 2. The maximum atomic E-state index is 4.86. The van der Waals surface area contributed by atoms with Crippen LogP contribution in [0.5, 0.6) is 0 Å². The van der Waals surface area contributed by atoms with Crippen molar-refractivity contribution in [3.63, 3.8) is 0 Å². The summed E-state index contributed by atoms with van der Waals surface area (Å²) < 4.78 is 2.08. The van der Waals surface area contributed by atoms with E-state index in [2.05, 4.69) is 89.2 Å². The molecule has 0 amide bonds. The van der Waals surface area contributed by atoms with Crippen LogP contribution in [-0.4, -0.2) is 57.8 Å². The van der Waals surface area contributed by atoms with Gasteiger partial charge in [0.25, 0.3) is 0 Å². The second-order valence-electron chi connectivity index (χ2n) is 8.02. The zero-order valence-corrected chi connectivity index (χ0v) is 22.8. The fourth-order valence-electron chi connectivity index (χ4n) is 3.64. The molecule has 0 bridgehead atoms. The summed E-state index contributed by atoms with van der Waals surface area (Å²) in [5.41, 5.74) is 1.25. The van der Waals surface area contributed by atoms with Crippen LogP contribution in [-0.2, 0) is 13.0 Å². The van der Waals surface area contributed by atoms with Gasteiger partial charge in [-0.25, -0.2) is 0 Å². The number of aliphatic imine (C=N–C) groups is 1. The molecular weight excluding hydrogens is 513 g/mol. The van der Waals surface area contributed by atoms with E-state index in [1.54, 1.807) is 6.33 Å². The van der Waals surface area contributed by atoms with E-state index in [4.69, 9.17) is 4.99 Å². The van der Waals surface area contributed by atoms with Gasteiger partial charge >= 0.3 is 0 Å². The van der Waals surface area contributed by atoms with Crippen LogP contribution in [0.2, 0.25) is 0 Å². The van der Waals surface area contributed by atoms with E-state index in [9.17, 15) is 0 Å². The second-order valence-corrected chi connectivity index (χ2v) is 8.02. The average Bonchev–Trinajstić information content (AvgIpc) is 3.24. The summed E-state index contributed by atoms with van der Waals surface area (Å²) in [5, 5.41) is 15.4. The molecule has 0 radical (unpaired) electrons. The number of aryl methyl sites for hydroxylation is 1. The molecule has 1 aromatic heterocycles. The molecule has 2 N–H and O–H groups in total. The zero-order chi connectivity index (χ0) is 22.5. The third kappa shape index (κ3) is 9.85. The van der Waals surface area contributed by atoms with Crippen LogP contribution < -0.4 is 10.6 Å². The molecule has 2 unspecified atom stereocenters. The van der Waals surface area contributed by atoms with Crippen molar-refractivity contribution in [2.75, 3.05) is 26.2 Å². The van der Waals surface area contributed by atoms with E-state index in [0.29, 0.717) is 12.6 Å². The van der Waals surface area contributed by atoms with Gasteiger partial charge in [-0.2, -0.15) is 0 Å². The predicted molar refractivity (Wildman–Crippen MR) is 145 cm³/mol. The second kappa shape index (κ2) is 16.0. The Morgan fingerprint density at radius 3 is 2.47 bits per heavy atom. The number of halogens is 1. The first-order chi connectivity index (χ1) is 15.1. The highest BCUT2D eigenvalue weighted by molar-refractivity contribution is 14.0. The molecule has 7 nitrogen and oxygen atoms in total. The maximum absolute atomic E-state index is 4.86. The van der Waals surface area contributed by atoms with Gasteiger partial charge in [-0.1, -0.05) is 51.1 Å². The molecule has 0 saturated heterocycles. The molecule has 2 aromatic rings. The number of hydrogen-bond acceptors (Lipinski definition) is 4. The van der Waals surface area contributed by atoms with Gasteiger partial charge < -0.3 is 20.1 Å². The average molecular weight is 556 g/mol. The number of rotatable bonds is 13. The van der Waals surface area contributed by atoms with Crippen LogP contribution in [0.25, 0.3) is 0 Å². The Hall–Kier alpha value is -1.68. The first-order valence-electron chi connectivity index (χ1n) is 11.8. The molecule has 0 aliphatic carbocycles. The number of benzene rings is 1. The van der Waals surface area contributed by atoms with Gasteiger partial charge in [-0.05, 0) is 51.9 Å². The van der Waals surface area contributed by atoms with E-state index in [1.807, 2.05) is 6.07 Å². The largest absolute Gasteiger partial charge is 0.354 e. The number of hydrogen-bond donors (Lipinski definition) is 2. The summed E-state index contributed by atoms with van der Waals surface area (Å²) in [6.45, 7) is 15.8. The highest BCUT2D eigenvalue weighted by atomic mass is 127. The Kier molecular flexibility index (Phi) is 14.2. The van der Waals surface area contributed by atoms with Gasteiger partial charge in [-0.3, -0.25) is 4.99 Å². The van der Waals surface area contributed by atoms with Crippen molar-refractivity contribution in [1.82, 2.24) is 30.3 Å². The Balaban J connectivity index is 0.00000512. The van der Waals surface area contributed by atoms with E-state index in [1.165, 1.54) is 12.0 Å². The van der Waals surface area contributed by atoms with Gasteiger partial charge in [0.15, 0.2) is 5.96 Å². The first kappa shape index (κ1) is 28.4. The van der Waals surface area contributed by atoms with E-state index < -0.39 is 0 Å². The van der Waals surface area contributed by atoms with Crippen molar-refractivity contribution in [1.29, 1.82) is 0 Å². The lowest BCUT2D eigenvalue weighted by Crippen LogP contribution is -2.43. The molecule has 8 heteroatoms. The maximum Gasteiger partial charge on any atom is 0.192 e. The van der Waals surface area contributed by atoms with Crippen LogP contribution in [0.15, 0.2) is 41.7 Å². The highest BCUT2D eigenvalue weighted by Gasteiger charge is 2.11. The van der Waals surface area contributed by atoms with Crippen molar-refractivity contribution in [2.45, 2.75) is 72.5 Å². The number of guanidine groups is 1. The molecule has 2 atom stereocenters. The van der Waals surface area contributed by atoms with Crippen LogP contribution >= 0.6 is 24.0 Å². The van der Waals surface area contributed by atoms with Gasteiger partial charge in [-0.15, -0.1) is 34.2 Å². The molecule has 32 heavy (non-hydrogen) atoms. The minimum atomic E-state index is 0. The lowest BCUT2D eigenvalue weighted by molar-refractivity contribution is 0.292. The molecule has 0 fully saturated rings. The SMILES string of the molecule is CCc1nncn1CCN=C(NC(C)CCCN(CC)CC)NC(C)c1ccccc1.I. The smallest absolute Gasteiger partial charge is 0.192 e. The molecular formula is C24H42IN7. The Bertz CT molecular complexity index is 759. The molecule has 0 aliphatic heterocycles. The van der Waals surface area contributed by atoms with Gasteiger partial charge in [0, 0.05) is 19.0 Å². The fraction of sp³-hybridized carbons (Fsp3) is 0.625. The molecule has 1 heterocycles. The van der Waals surface area contributed by atoms with E-state index in [-0.39, 0.29) is 30.0 Å². The summed E-state index contributed by atoms with van der Waals surface area (Å²) in [4.78, 5) is 7.34. The van der Waals surface area contributed by atoms with Crippen LogP contribution in [0.3, 0.4) is 0 Å². The lowest BCUT2D eigenvalue weighted by Gasteiger charge is -2.23. The lowest BCUT2D eigenvalue weighted by atomic mass is 10.1.